The van der Waals surface area contributed by atoms with Crippen LogP contribution in [0.1, 0.15) is 36.8 Å². The van der Waals surface area contributed by atoms with Crippen molar-refractivity contribution in [3.63, 3.8) is 0 Å². The van der Waals surface area contributed by atoms with Gasteiger partial charge in [0.05, 0.1) is 25.0 Å². The zero-order chi connectivity index (χ0) is 19.1. The summed E-state index contributed by atoms with van der Waals surface area (Å²) in [7, 11) is 5.56. The first-order valence-corrected chi connectivity index (χ1v) is 8.64. The van der Waals surface area contributed by atoms with Crippen LogP contribution in [0.3, 0.4) is 0 Å². The molecule has 2 heterocycles. The van der Waals surface area contributed by atoms with Gasteiger partial charge < -0.3 is 20.0 Å². The van der Waals surface area contributed by atoms with Gasteiger partial charge in [-0.05, 0) is 18.1 Å². The minimum Gasteiger partial charge on any atom is -0.467 e. The molecule has 2 rings (SSSR count). The van der Waals surface area contributed by atoms with Crippen molar-refractivity contribution < 1.29 is 9.21 Å². The van der Waals surface area contributed by atoms with Gasteiger partial charge in [-0.25, -0.2) is 0 Å². The molecule has 142 valence electrons. The zero-order valence-corrected chi connectivity index (χ0v) is 16.1. The molecule has 0 aliphatic carbocycles. The Kier molecular flexibility index (Phi) is 6.82. The van der Waals surface area contributed by atoms with Gasteiger partial charge in [-0.1, -0.05) is 13.8 Å². The van der Waals surface area contributed by atoms with Gasteiger partial charge in [-0.3, -0.25) is 14.5 Å². The number of hydrogen-bond donors (Lipinski definition) is 2. The van der Waals surface area contributed by atoms with E-state index >= 15 is 0 Å². The van der Waals surface area contributed by atoms with Gasteiger partial charge in [-0.15, -0.1) is 0 Å². The highest BCUT2D eigenvalue weighted by molar-refractivity contribution is 5.86. The lowest BCUT2D eigenvalue weighted by Gasteiger charge is -2.22. The number of nitrogens with zero attached hydrogens (tertiary/aromatic N) is 4. The summed E-state index contributed by atoms with van der Waals surface area (Å²) < 4.78 is 7.02. The molecule has 0 unspecified atom stereocenters. The Morgan fingerprint density at radius 1 is 1.42 bits per heavy atom. The van der Waals surface area contributed by atoms with Crippen LogP contribution in [0, 0.1) is 0 Å². The first kappa shape index (κ1) is 19.6. The van der Waals surface area contributed by atoms with E-state index in [1.807, 2.05) is 35.9 Å². The summed E-state index contributed by atoms with van der Waals surface area (Å²) >= 11 is 0. The lowest BCUT2D eigenvalue weighted by Crippen LogP contribution is -2.43. The number of rotatable bonds is 7. The van der Waals surface area contributed by atoms with Crippen LogP contribution in [0.5, 0.6) is 0 Å². The third kappa shape index (κ3) is 5.37. The first-order chi connectivity index (χ1) is 12.4. The molecule has 0 fully saturated rings. The number of aryl methyl sites for hydroxylation is 1. The average molecular weight is 360 g/mol. The second-order valence-electron chi connectivity index (χ2n) is 6.48. The van der Waals surface area contributed by atoms with Crippen molar-refractivity contribution in [2.75, 3.05) is 20.6 Å². The number of nitrogens with one attached hydrogen (secondary N) is 2. The van der Waals surface area contributed by atoms with Crippen LogP contribution < -0.4 is 10.6 Å². The monoisotopic (exact) mass is 360 g/mol. The summed E-state index contributed by atoms with van der Waals surface area (Å²) in [5, 5.41) is 10.4. The second kappa shape index (κ2) is 9.07. The van der Waals surface area contributed by atoms with Crippen molar-refractivity contribution in [3.05, 3.63) is 41.6 Å². The molecular weight excluding hydrogens is 332 g/mol. The molecule has 2 aromatic heterocycles. The van der Waals surface area contributed by atoms with Crippen LogP contribution >= 0.6 is 0 Å². The third-order valence-corrected chi connectivity index (χ3v) is 3.91. The van der Waals surface area contributed by atoms with Crippen LogP contribution in [0.15, 0.2) is 34.0 Å². The highest BCUT2D eigenvalue weighted by atomic mass is 16.3. The number of hydrogen-bond acceptors (Lipinski definition) is 4. The molecule has 2 aromatic rings. The van der Waals surface area contributed by atoms with Gasteiger partial charge >= 0.3 is 0 Å². The van der Waals surface area contributed by atoms with E-state index in [4.69, 9.17) is 4.42 Å². The molecule has 0 radical (unpaired) electrons. The Morgan fingerprint density at radius 3 is 2.81 bits per heavy atom. The average Bonchev–Trinajstić information content (AvgIpc) is 3.23. The van der Waals surface area contributed by atoms with E-state index in [2.05, 4.69) is 34.6 Å². The molecule has 1 amide bonds. The Bertz CT molecular complexity index is 733. The highest BCUT2D eigenvalue weighted by Crippen LogP contribution is 2.18. The van der Waals surface area contributed by atoms with E-state index in [0.717, 1.165) is 17.0 Å². The van der Waals surface area contributed by atoms with Gasteiger partial charge in [0.15, 0.2) is 5.96 Å². The molecule has 0 bridgehead atoms. The molecule has 0 aromatic carbocycles. The number of furan rings is 1. The molecule has 26 heavy (non-hydrogen) atoms. The SMILES string of the molecule is CN=C(NCC(=O)NCc1ccco1)N(C)Cc1cn(C)nc1C(C)C. The van der Waals surface area contributed by atoms with Crippen molar-refractivity contribution in [2.24, 2.45) is 12.0 Å². The molecule has 0 aliphatic heterocycles. The van der Waals surface area contributed by atoms with E-state index < -0.39 is 0 Å². The Labute approximate surface area is 154 Å². The van der Waals surface area contributed by atoms with Crippen LogP contribution in [0.2, 0.25) is 0 Å². The fourth-order valence-electron chi connectivity index (χ4n) is 2.70. The molecule has 0 saturated carbocycles. The van der Waals surface area contributed by atoms with Crippen molar-refractivity contribution in [2.45, 2.75) is 32.9 Å². The largest absolute Gasteiger partial charge is 0.467 e. The smallest absolute Gasteiger partial charge is 0.239 e. The number of aromatic nitrogens is 2. The minimum atomic E-state index is -0.125. The van der Waals surface area contributed by atoms with Crippen molar-refractivity contribution in [3.8, 4) is 0 Å². The summed E-state index contributed by atoms with van der Waals surface area (Å²) in [4.78, 5) is 18.2. The van der Waals surface area contributed by atoms with E-state index in [9.17, 15) is 4.79 Å². The number of carbonyl (C=O) groups is 1. The number of aliphatic imine (C=N–C) groups is 1. The Morgan fingerprint density at radius 2 is 2.19 bits per heavy atom. The second-order valence-corrected chi connectivity index (χ2v) is 6.48. The van der Waals surface area contributed by atoms with Gasteiger partial charge in [-0.2, -0.15) is 5.10 Å². The summed E-state index contributed by atoms with van der Waals surface area (Å²) in [5.41, 5.74) is 2.22. The normalized spacial score (nSPS) is 11.7. The Balaban J connectivity index is 1.86. The Hall–Kier alpha value is -2.77. The summed E-state index contributed by atoms with van der Waals surface area (Å²) in [6, 6.07) is 3.61. The first-order valence-electron chi connectivity index (χ1n) is 8.64. The van der Waals surface area contributed by atoms with Crippen LogP contribution in [-0.2, 0) is 24.9 Å². The van der Waals surface area contributed by atoms with E-state index in [0.29, 0.717) is 25.0 Å². The molecule has 8 heteroatoms. The van der Waals surface area contributed by atoms with Crippen LogP contribution in [-0.4, -0.2) is 47.2 Å². The number of amides is 1. The van der Waals surface area contributed by atoms with Crippen molar-refractivity contribution in [1.82, 2.24) is 25.3 Å². The molecule has 0 saturated heterocycles. The number of guanidine groups is 1. The molecule has 0 atom stereocenters. The highest BCUT2D eigenvalue weighted by Gasteiger charge is 2.15. The van der Waals surface area contributed by atoms with Gasteiger partial charge in [0.2, 0.25) is 5.91 Å². The van der Waals surface area contributed by atoms with E-state index in [-0.39, 0.29) is 12.5 Å². The van der Waals surface area contributed by atoms with Gasteiger partial charge in [0.1, 0.15) is 5.76 Å². The minimum absolute atomic E-state index is 0.125. The van der Waals surface area contributed by atoms with Gasteiger partial charge in [0.25, 0.3) is 0 Å². The van der Waals surface area contributed by atoms with Crippen molar-refractivity contribution in [1.29, 1.82) is 0 Å². The lowest BCUT2D eigenvalue weighted by atomic mass is 10.1. The quantitative estimate of drug-likeness (QED) is 0.577. The summed E-state index contributed by atoms with van der Waals surface area (Å²) in [6.07, 6.45) is 3.61. The summed E-state index contributed by atoms with van der Waals surface area (Å²) in [5.74, 6) is 1.59. The lowest BCUT2D eigenvalue weighted by molar-refractivity contribution is -0.120. The van der Waals surface area contributed by atoms with Gasteiger partial charge in [0, 0.05) is 39.4 Å². The maximum absolute atomic E-state index is 12.0. The predicted octanol–water partition coefficient (Wildman–Crippen LogP) is 1.46. The van der Waals surface area contributed by atoms with E-state index in [1.165, 1.54) is 0 Å². The molecular formula is C18H28N6O2. The topological polar surface area (TPSA) is 87.7 Å². The maximum Gasteiger partial charge on any atom is 0.239 e. The molecule has 8 nitrogen and oxygen atoms in total. The predicted molar refractivity (Wildman–Crippen MR) is 101 cm³/mol. The fourth-order valence-corrected chi connectivity index (χ4v) is 2.70. The molecule has 0 aliphatic rings. The third-order valence-electron chi connectivity index (χ3n) is 3.91. The maximum atomic E-state index is 12.0. The fraction of sp³-hybridized carbons (Fsp3) is 0.500. The molecule has 0 spiro atoms. The van der Waals surface area contributed by atoms with Crippen LogP contribution in [0.25, 0.3) is 0 Å². The standard InChI is InChI=1S/C18H28N6O2/c1-13(2)17-14(12-24(5)22-17)11-23(4)18(19-3)21-10-16(25)20-9-15-7-6-8-26-15/h6-8,12-13H,9-11H2,1-5H3,(H,19,21)(H,20,25). The summed E-state index contributed by atoms with van der Waals surface area (Å²) in [6.45, 7) is 5.43. The molecule has 2 N–H and O–H groups in total. The zero-order valence-electron chi connectivity index (χ0n) is 16.1. The van der Waals surface area contributed by atoms with Crippen molar-refractivity contribution >= 4 is 11.9 Å². The number of carbonyl (C=O) groups excluding carboxylic acids is 1. The van der Waals surface area contributed by atoms with E-state index in [1.54, 1.807) is 19.4 Å². The van der Waals surface area contributed by atoms with Crippen LogP contribution in [0.4, 0.5) is 0 Å².